The molecule has 2 fully saturated rings. The zero-order chi connectivity index (χ0) is 26.2. The van der Waals surface area contributed by atoms with Crippen molar-refractivity contribution >= 4 is 50.7 Å². The molecule has 6 rings (SSSR count). The van der Waals surface area contributed by atoms with E-state index in [4.69, 9.17) is 19.3 Å². The molecule has 0 spiro atoms. The minimum Gasteiger partial charge on any atom is -0.499 e. The summed E-state index contributed by atoms with van der Waals surface area (Å²) in [5.41, 5.74) is 2.56. The SMILES string of the molecule is BC1(Oc2ccc3c(c2)OC(B)(B)C(B)(B)O3)CCN(c2nn3c(=O)ccnc3c(C3CC3)c2C)CC1. The molecule has 0 atom stereocenters. The van der Waals surface area contributed by atoms with Crippen LogP contribution in [0.15, 0.2) is 35.3 Å². The first-order valence-corrected chi connectivity index (χ1v) is 13.3. The summed E-state index contributed by atoms with van der Waals surface area (Å²) in [4.78, 5) is 19.4. The number of benzene rings is 1. The highest BCUT2D eigenvalue weighted by atomic mass is 16.6. The summed E-state index contributed by atoms with van der Waals surface area (Å²) in [7, 11) is 10.3. The van der Waals surface area contributed by atoms with Gasteiger partial charge in [-0.1, -0.05) is 0 Å². The van der Waals surface area contributed by atoms with E-state index in [1.165, 1.54) is 16.1 Å². The molecule has 0 bridgehead atoms. The fraction of sp³-hybridized carbons (Fsp3) is 0.458. The van der Waals surface area contributed by atoms with Crippen LogP contribution in [0.25, 0.3) is 5.65 Å². The summed E-state index contributed by atoms with van der Waals surface area (Å²) in [5.74, 6) is 3.59. The molecule has 1 saturated carbocycles. The fourth-order valence-electron chi connectivity index (χ4n) is 5.39. The van der Waals surface area contributed by atoms with Crippen molar-refractivity contribution in [1.29, 1.82) is 0 Å². The van der Waals surface area contributed by atoms with E-state index in [2.05, 4.69) is 24.7 Å². The van der Waals surface area contributed by atoms with Crippen molar-refractivity contribution in [3.05, 3.63) is 51.9 Å². The first-order valence-electron chi connectivity index (χ1n) is 13.3. The lowest BCUT2D eigenvalue weighted by molar-refractivity contribution is 0.0603. The average Bonchev–Trinajstić information content (AvgIpc) is 3.65. The van der Waals surface area contributed by atoms with Gasteiger partial charge in [0.05, 0.1) is 16.3 Å². The number of piperidine rings is 1. The Bertz CT molecular complexity index is 1450. The van der Waals surface area contributed by atoms with Gasteiger partial charge in [-0.3, -0.25) is 4.79 Å². The third kappa shape index (κ3) is 4.20. The minimum atomic E-state index is -0.463. The number of anilines is 1. The smallest absolute Gasteiger partial charge is 0.274 e. The van der Waals surface area contributed by atoms with Crippen LogP contribution >= 0.6 is 0 Å². The highest BCUT2D eigenvalue weighted by molar-refractivity contribution is 6.53. The van der Waals surface area contributed by atoms with E-state index in [1.807, 2.05) is 49.6 Å². The first-order chi connectivity index (χ1) is 17.5. The van der Waals surface area contributed by atoms with Gasteiger partial charge in [-0.05, 0) is 50.7 Å². The maximum atomic E-state index is 12.6. The maximum absolute atomic E-state index is 12.6. The Morgan fingerprint density at radius 2 is 1.68 bits per heavy atom. The van der Waals surface area contributed by atoms with Crippen molar-refractivity contribution in [2.24, 2.45) is 0 Å². The highest BCUT2D eigenvalue weighted by Gasteiger charge is 2.45. The second-order valence-corrected chi connectivity index (χ2v) is 12.0. The molecule has 37 heavy (non-hydrogen) atoms. The van der Waals surface area contributed by atoms with Crippen LogP contribution in [-0.2, 0) is 0 Å². The number of aromatic nitrogens is 3. The predicted octanol–water partition coefficient (Wildman–Crippen LogP) is -2.10. The summed E-state index contributed by atoms with van der Waals surface area (Å²) < 4.78 is 20.6. The molecule has 186 valence electrons. The monoisotopic (exact) mass is 494 g/mol. The average molecular weight is 494 g/mol. The molecule has 3 aliphatic rings. The molecule has 1 aromatic carbocycles. The Balaban J connectivity index is 1.22. The highest BCUT2D eigenvalue weighted by Crippen LogP contribution is 2.45. The molecule has 1 aliphatic carbocycles. The van der Waals surface area contributed by atoms with Gasteiger partial charge in [0, 0.05) is 42.5 Å². The van der Waals surface area contributed by atoms with Crippen LogP contribution in [0.3, 0.4) is 0 Å². The van der Waals surface area contributed by atoms with E-state index >= 15 is 0 Å². The molecule has 13 heteroatoms. The van der Waals surface area contributed by atoms with Crippen molar-refractivity contribution in [2.45, 2.75) is 54.8 Å². The van der Waals surface area contributed by atoms with Gasteiger partial charge in [0.25, 0.3) is 5.56 Å². The van der Waals surface area contributed by atoms with Crippen LogP contribution in [0.2, 0.25) is 0 Å². The van der Waals surface area contributed by atoms with Crippen LogP contribution in [0.1, 0.15) is 42.7 Å². The van der Waals surface area contributed by atoms with Crippen molar-refractivity contribution in [2.75, 3.05) is 18.0 Å². The molecular weight excluding hydrogens is 462 g/mol. The van der Waals surface area contributed by atoms with Gasteiger partial charge in [-0.2, -0.15) is 4.52 Å². The van der Waals surface area contributed by atoms with Crippen molar-refractivity contribution in [1.82, 2.24) is 14.6 Å². The van der Waals surface area contributed by atoms with Crippen LogP contribution in [0, 0.1) is 6.92 Å². The Kier molecular flexibility index (Phi) is 5.45. The molecule has 0 N–H and O–H groups in total. The predicted molar refractivity (Wildman–Crippen MR) is 157 cm³/mol. The van der Waals surface area contributed by atoms with Gasteiger partial charge < -0.3 is 19.1 Å². The zero-order valence-electron chi connectivity index (χ0n) is 22.6. The number of ether oxygens (including phenoxy) is 3. The standard InChI is InChI=1S/C24H31B5N4O4/c1-13-19(14-2-3-14)21-30-9-6-18(34)33(21)31-20(13)32-10-7-22(25,8-11-32)35-15-4-5-16-17(12-15)37-24(28,29)23(26,27)36-16/h4-6,9,12,14H,2-3,7-8,10-11,25-29H2,1H3. The topological polar surface area (TPSA) is 78.2 Å². The Labute approximate surface area is 221 Å². The Hall–Kier alpha value is -2.97. The summed E-state index contributed by atoms with van der Waals surface area (Å²) in [6, 6.07) is 7.32. The largest absolute Gasteiger partial charge is 0.499 e. The van der Waals surface area contributed by atoms with Crippen molar-refractivity contribution in [3.8, 4) is 17.2 Å². The second kappa shape index (κ2) is 8.27. The van der Waals surface area contributed by atoms with Crippen LogP contribution in [-0.4, -0.2) is 83.2 Å². The van der Waals surface area contributed by atoms with Gasteiger partial charge in [-0.15, -0.1) is 5.10 Å². The van der Waals surface area contributed by atoms with E-state index < -0.39 is 10.8 Å². The van der Waals surface area contributed by atoms with E-state index in [1.54, 1.807) is 6.20 Å². The Morgan fingerprint density at radius 1 is 1.00 bits per heavy atom. The van der Waals surface area contributed by atoms with Crippen molar-refractivity contribution < 1.29 is 14.2 Å². The molecule has 4 heterocycles. The van der Waals surface area contributed by atoms with Crippen LogP contribution < -0.4 is 24.7 Å². The zero-order valence-corrected chi connectivity index (χ0v) is 22.6. The normalized spacial score (nSPS) is 21.5. The van der Waals surface area contributed by atoms with Crippen LogP contribution in [0.5, 0.6) is 17.2 Å². The molecule has 0 unspecified atom stereocenters. The van der Waals surface area contributed by atoms with Gasteiger partial charge in [0.2, 0.25) is 0 Å². The third-order valence-electron chi connectivity index (χ3n) is 8.56. The molecule has 2 aliphatic heterocycles. The van der Waals surface area contributed by atoms with E-state index in [-0.39, 0.29) is 11.1 Å². The Morgan fingerprint density at radius 3 is 2.35 bits per heavy atom. The molecule has 0 amide bonds. The first kappa shape index (κ1) is 24.4. The van der Waals surface area contributed by atoms with Crippen LogP contribution in [0.4, 0.5) is 5.82 Å². The summed E-state index contributed by atoms with van der Waals surface area (Å²) in [6.07, 6.45) is 5.54. The molecule has 1 saturated heterocycles. The molecule has 2 aromatic heterocycles. The second-order valence-electron chi connectivity index (χ2n) is 12.0. The quantitative estimate of drug-likeness (QED) is 0.385. The third-order valence-corrected chi connectivity index (χ3v) is 8.56. The summed E-state index contributed by atoms with van der Waals surface area (Å²) in [6.45, 7) is 3.71. The number of hydrogen-bond acceptors (Lipinski definition) is 7. The van der Waals surface area contributed by atoms with E-state index in [9.17, 15) is 4.79 Å². The van der Waals surface area contributed by atoms with Crippen molar-refractivity contribution in [3.63, 3.8) is 0 Å². The lowest BCUT2D eigenvalue weighted by Crippen LogP contribution is -2.65. The maximum Gasteiger partial charge on any atom is 0.274 e. The fourth-order valence-corrected chi connectivity index (χ4v) is 5.39. The molecule has 0 radical (unpaired) electrons. The molecule has 3 aromatic rings. The molecular formula is C24H31B5N4O4. The number of hydrogen-bond donors (Lipinski definition) is 0. The number of rotatable bonds is 4. The van der Waals surface area contributed by atoms with Gasteiger partial charge in [-0.25, -0.2) is 4.98 Å². The lowest BCUT2D eigenvalue weighted by atomic mass is 9.41. The summed E-state index contributed by atoms with van der Waals surface area (Å²) >= 11 is 0. The summed E-state index contributed by atoms with van der Waals surface area (Å²) in [5, 5.41) is 3.87. The molecule has 8 nitrogen and oxygen atoms in total. The van der Waals surface area contributed by atoms with E-state index in [0.717, 1.165) is 61.7 Å². The number of fused-ring (bicyclic) bond motifs is 2. The minimum absolute atomic E-state index is 0.136. The lowest BCUT2D eigenvalue weighted by Gasteiger charge is -2.47. The van der Waals surface area contributed by atoms with Gasteiger partial charge >= 0.3 is 0 Å². The van der Waals surface area contributed by atoms with Gasteiger partial charge in [0.1, 0.15) is 37.1 Å². The number of nitrogens with zero attached hydrogens (tertiary/aromatic N) is 4. The van der Waals surface area contributed by atoms with Gasteiger partial charge in [0.15, 0.2) is 30.8 Å². The van der Waals surface area contributed by atoms with E-state index in [0.29, 0.717) is 17.3 Å².